The van der Waals surface area contributed by atoms with Crippen LogP contribution in [0.3, 0.4) is 0 Å². The van der Waals surface area contributed by atoms with Gasteiger partial charge in [-0.2, -0.15) is 13.2 Å². The molecule has 0 bridgehead atoms. The van der Waals surface area contributed by atoms with E-state index < -0.39 is 32.8 Å². The number of carbonyl (C=O) groups is 1. The van der Waals surface area contributed by atoms with Crippen LogP contribution in [0.25, 0.3) is 0 Å². The zero-order chi connectivity index (χ0) is 23.0. The van der Waals surface area contributed by atoms with Crippen molar-refractivity contribution in [1.82, 2.24) is 0 Å². The number of benzene rings is 2. The second kappa shape index (κ2) is 8.65. The van der Waals surface area contributed by atoms with Crippen LogP contribution in [0.4, 0.5) is 13.2 Å². The largest absolute Gasteiger partial charge is 0.465 e. The van der Waals surface area contributed by atoms with Crippen LogP contribution in [-0.4, -0.2) is 32.5 Å². The highest BCUT2D eigenvalue weighted by Crippen LogP contribution is 2.33. The fraction of sp³-hybridized carbons (Fsp3) is 0.435. The molecule has 8 heteroatoms. The van der Waals surface area contributed by atoms with Gasteiger partial charge in [-0.25, -0.2) is 13.2 Å². The highest BCUT2D eigenvalue weighted by atomic mass is 32.2. The van der Waals surface area contributed by atoms with Crippen molar-refractivity contribution in [3.05, 3.63) is 69.8 Å². The summed E-state index contributed by atoms with van der Waals surface area (Å²) in [5.41, 5.74) is 2.22. The quantitative estimate of drug-likeness (QED) is 0.598. The molecule has 1 atom stereocenters. The number of alkyl halides is 3. The normalized spacial score (nSPS) is 16.4. The standard InChI is InChI=1S/C23H25F3O4S/c1-14(2)31(28,29)13-17-9-18-5-4-15(7-19(18)10-17)6-16-8-20(22(27)30-3)12-21(11-16)23(24,25)26/h4-5,7-8,11-12,14,17H,6,9-10,13H2,1-3H3/t17-/m0/s1. The highest BCUT2D eigenvalue weighted by molar-refractivity contribution is 7.91. The topological polar surface area (TPSA) is 60.4 Å². The molecule has 4 nitrogen and oxygen atoms in total. The molecule has 31 heavy (non-hydrogen) atoms. The summed E-state index contributed by atoms with van der Waals surface area (Å²) in [7, 11) is -2.02. The number of rotatable bonds is 6. The Hall–Kier alpha value is -2.35. The van der Waals surface area contributed by atoms with Crippen molar-refractivity contribution in [2.45, 2.75) is 44.5 Å². The maximum atomic E-state index is 13.3. The van der Waals surface area contributed by atoms with Crippen molar-refractivity contribution in [3.63, 3.8) is 0 Å². The van der Waals surface area contributed by atoms with E-state index in [1.807, 2.05) is 18.2 Å². The Morgan fingerprint density at radius 3 is 2.35 bits per heavy atom. The summed E-state index contributed by atoms with van der Waals surface area (Å²) in [6, 6.07) is 8.93. The first-order valence-electron chi connectivity index (χ1n) is 10.0. The first-order chi connectivity index (χ1) is 14.4. The second-order valence-corrected chi connectivity index (χ2v) is 10.9. The average molecular weight is 455 g/mol. The predicted molar refractivity (Wildman–Crippen MR) is 112 cm³/mol. The summed E-state index contributed by atoms with van der Waals surface area (Å²) in [6.07, 6.45) is -3.05. The van der Waals surface area contributed by atoms with Gasteiger partial charge >= 0.3 is 12.1 Å². The third-order valence-corrected chi connectivity index (χ3v) is 8.00. The minimum absolute atomic E-state index is 0.0112. The number of esters is 1. The Labute approximate surface area is 180 Å². The minimum atomic E-state index is -4.58. The zero-order valence-corrected chi connectivity index (χ0v) is 18.4. The summed E-state index contributed by atoms with van der Waals surface area (Å²) in [5, 5.41) is -0.420. The van der Waals surface area contributed by atoms with Gasteiger partial charge in [0, 0.05) is 0 Å². The molecule has 0 spiro atoms. The molecule has 0 heterocycles. The average Bonchev–Trinajstić information content (AvgIpc) is 3.07. The monoisotopic (exact) mass is 454 g/mol. The van der Waals surface area contributed by atoms with E-state index >= 15 is 0 Å². The number of methoxy groups -OCH3 is 1. The molecular weight excluding hydrogens is 429 g/mol. The van der Waals surface area contributed by atoms with Crippen LogP contribution >= 0.6 is 0 Å². The first kappa shape index (κ1) is 23.3. The molecule has 0 unspecified atom stereocenters. The van der Waals surface area contributed by atoms with E-state index in [1.165, 1.54) is 6.07 Å². The number of carbonyl (C=O) groups excluding carboxylic acids is 1. The molecule has 2 aromatic carbocycles. The number of hydrogen-bond acceptors (Lipinski definition) is 4. The van der Waals surface area contributed by atoms with E-state index in [-0.39, 0.29) is 23.7 Å². The van der Waals surface area contributed by atoms with Gasteiger partial charge in [0.15, 0.2) is 9.84 Å². The lowest BCUT2D eigenvalue weighted by molar-refractivity contribution is -0.137. The molecule has 0 fully saturated rings. The molecule has 0 amide bonds. The Balaban J connectivity index is 1.83. The Kier molecular flexibility index (Phi) is 6.51. The van der Waals surface area contributed by atoms with Crippen LogP contribution in [0.15, 0.2) is 36.4 Å². The highest BCUT2D eigenvalue weighted by Gasteiger charge is 2.32. The molecule has 0 N–H and O–H groups in total. The van der Waals surface area contributed by atoms with Crippen LogP contribution in [0, 0.1) is 5.92 Å². The molecule has 0 radical (unpaired) electrons. The van der Waals surface area contributed by atoms with E-state index in [2.05, 4.69) is 4.74 Å². The molecule has 1 aliphatic rings. The summed E-state index contributed by atoms with van der Waals surface area (Å²) < 4.78 is 68.9. The van der Waals surface area contributed by atoms with Gasteiger partial charge in [-0.15, -0.1) is 0 Å². The molecular formula is C23H25F3O4S. The zero-order valence-electron chi connectivity index (χ0n) is 17.6. The number of halogens is 3. The SMILES string of the molecule is COC(=O)c1cc(Cc2ccc3c(c2)C[C@@H](CS(=O)(=O)C(C)C)C3)cc(C(F)(F)F)c1. The van der Waals surface area contributed by atoms with Crippen LogP contribution < -0.4 is 0 Å². The molecule has 168 valence electrons. The van der Waals surface area contributed by atoms with Crippen molar-refractivity contribution in [3.8, 4) is 0 Å². The van der Waals surface area contributed by atoms with E-state index in [0.29, 0.717) is 18.4 Å². The van der Waals surface area contributed by atoms with Crippen molar-refractivity contribution in [2.24, 2.45) is 5.92 Å². The molecule has 0 aliphatic heterocycles. The van der Waals surface area contributed by atoms with Gasteiger partial charge in [0.2, 0.25) is 0 Å². The second-order valence-electron chi connectivity index (χ2n) is 8.34. The van der Waals surface area contributed by atoms with Gasteiger partial charge in [0.25, 0.3) is 0 Å². The summed E-state index contributed by atoms with van der Waals surface area (Å²) in [6.45, 7) is 3.35. The Morgan fingerprint density at radius 2 is 1.74 bits per heavy atom. The van der Waals surface area contributed by atoms with Crippen molar-refractivity contribution in [2.75, 3.05) is 12.9 Å². The molecule has 2 aromatic rings. The lowest BCUT2D eigenvalue weighted by atomic mass is 9.97. The van der Waals surface area contributed by atoms with Gasteiger partial charge in [0.1, 0.15) is 0 Å². The van der Waals surface area contributed by atoms with Gasteiger partial charge < -0.3 is 4.74 Å². The van der Waals surface area contributed by atoms with Gasteiger partial charge in [-0.1, -0.05) is 18.2 Å². The Morgan fingerprint density at radius 1 is 1.06 bits per heavy atom. The van der Waals surface area contributed by atoms with Gasteiger partial charge in [-0.05, 0) is 79.5 Å². The van der Waals surface area contributed by atoms with Crippen molar-refractivity contribution >= 4 is 15.8 Å². The summed E-state index contributed by atoms with van der Waals surface area (Å²) in [5.74, 6) is -0.683. The third kappa shape index (κ3) is 5.47. The van der Waals surface area contributed by atoms with Gasteiger partial charge in [0.05, 0.1) is 29.2 Å². The van der Waals surface area contributed by atoms with E-state index in [9.17, 15) is 26.4 Å². The molecule has 3 rings (SSSR count). The molecule has 1 aliphatic carbocycles. The van der Waals surface area contributed by atoms with Gasteiger partial charge in [-0.3, -0.25) is 0 Å². The lowest BCUT2D eigenvalue weighted by Crippen LogP contribution is -2.23. The maximum absolute atomic E-state index is 13.3. The van der Waals surface area contributed by atoms with Crippen LogP contribution in [0.5, 0.6) is 0 Å². The van der Waals surface area contributed by atoms with Crippen molar-refractivity contribution in [1.29, 1.82) is 0 Å². The smallest absolute Gasteiger partial charge is 0.416 e. The van der Waals surface area contributed by atoms with E-state index in [1.54, 1.807) is 13.8 Å². The number of ether oxygens (including phenoxy) is 1. The summed E-state index contributed by atoms with van der Waals surface area (Å²) in [4.78, 5) is 11.8. The lowest BCUT2D eigenvalue weighted by Gasteiger charge is -2.12. The fourth-order valence-electron chi connectivity index (χ4n) is 3.94. The fourth-order valence-corrected chi connectivity index (χ4v) is 5.22. The first-order valence-corrected chi connectivity index (χ1v) is 11.7. The van der Waals surface area contributed by atoms with Crippen LogP contribution in [-0.2, 0) is 40.0 Å². The molecule has 0 saturated heterocycles. The predicted octanol–water partition coefficient (Wildman–Crippen LogP) is 4.62. The maximum Gasteiger partial charge on any atom is 0.416 e. The number of hydrogen-bond donors (Lipinski definition) is 0. The van der Waals surface area contributed by atoms with E-state index in [4.69, 9.17) is 0 Å². The van der Waals surface area contributed by atoms with Crippen LogP contribution in [0.1, 0.15) is 52.0 Å². The van der Waals surface area contributed by atoms with E-state index in [0.717, 1.165) is 35.9 Å². The minimum Gasteiger partial charge on any atom is -0.465 e. The summed E-state index contributed by atoms with van der Waals surface area (Å²) >= 11 is 0. The molecule has 0 saturated carbocycles. The van der Waals surface area contributed by atoms with Crippen molar-refractivity contribution < 1.29 is 31.1 Å². The number of sulfone groups is 1. The molecule has 0 aromatic heterocycles. The number of fused-ring (bicyclic) bond motifs is 1. The Bertz CT molecular complexity index is 1090. The third-order valence-electron chi connectivity index (χ3n) is 5.62. The van der Waals surface area contributed by atoms with Crippen LogP contribution in [0.2, 0.25) is 0 Å².